The van der Waals surface area contributed by atoms with Crippen molar-refractivity contribution in [1.29, 1.82) is 0 Å². The van der Waals surface area contributed by atoms with Crippen LogP contribution in [0.5, 0.6) is 11.5 Å². The number of amidine groups is 1. The standard InChI is InChI=1S/C22H25N3O5S2/c1-3-30-18-8-4-15(5-9-18)23-21(26)12-25(16-6-10-17(29-2)11-7-16)22-24-19-13-32(27,28)14-20(19)31-22/h4-11,19-20H,3,12-14H2,1-2H3,(H,23,26)/t19-,20+/m0/s1. The highest BCUT2D eigenvalue weighted by molar-refractivity contribution is 8.15. The summed E-state index contributed by atoms with van der Waals surface area (Å²) in [6, 6.07) is 14.3. The molecule has 0 bridgehead atoms. The van der Waals surface area contributed by atoms with Crippen molar-refractivity contribution in [1.82, 2.24) is 0 Å². The molecule has 2 aliphatic heterocycles. The Bertz CT molecular complexity index is 1100. The van der Waals surface area contributed by atoms with Crippen molar-refractivity contribution >= 4 is 44.0 Å². The smallest absolute Gasteiger partial charge is 0.244 e. The second kappa shape index (κ2) is 9.41. The number of hydrogen-bond acceptors (Lipinski definition) is 8. The van der Waals surface area contributed by atoms with Crippen LogP contribution in [-0.2, 0) is 14.6 Å². The van der Waals surface area contributed by atoms with E-state index in [1.807, 2.05) is 36.1 Å². The second-order valence-electron chi connectivity index (χ2n) is 7.50. The monoisotopic (exact) mass is 475 g/mol. The molecule has 2 heterocycles. The van der Waals surface area contributed by atoms with E-state index in [9.17, 15) is 13.2 Å². The van der Waals surface area contributed by atoms with E-state index >= 15 is 0 Å². The van der Waals surface area contributed by atoms with Gasteiger partial charge in [-0.3, -0.25) is 9.79 Å². The Labute approximate surface area is 191 Å². The van der Waals surface area contributed by atoms with Crippen LogP contribution in [0.4, 0.5) is 11.4 Å². The van der Waals surface area contributed by atoms with Crippen LogP contribution in [0.15, 0.2) is 53.5 Å². The van der Waals surface area contributed by atoms with Crippen LogP contribution in [-0.4, -0.2) is 62.6 Å². The molecule has 0 saturated carbocycles. The van der Waals surface area contributed by atoms with Crippen molar-refractivity contribution in [2.24, 2.45) is 4.99 Å². The van der Waals surface area contributed by atoms with Gasteiger partial charge in [-0.25, -0.2) is 8.42 Å². The molecular weight excluding hydrogens is 450 g/mol. The molecule has 2 aromatic rings. The number of benzene rings is 2. The molecule has 32 heavy (non-hydrogen) atoms. The second-order valence-corrected chi connectivity index (χ2v) is 10.9. The molecular formula is C22H25N3O5S2. The summed E-state index contributed by atoms with van der Waals surface area (Å²) in [7, 11) is -1.46. The number of nitrogens with one attached hydrogen (secondary N) is 1. The minimum absolute atomic E-state index is 0.0392. The Morgan fingerprint density at radius 2 is 1.81 bits per heavy atom. The Morgan fingerprint density at radius 3 is 2.44 bits per heavy atom. The largest absolute Gasteiger partial charge is 0.497 e. The maximum atomic E-state index is 12.9. The highest BCUT2D eigenvalue weighted by Gasteiger charge is 2.44. The normalized spacial score (nSPS) is 20.9. The number of hydrogen-bond donors (Lipinski definition) is 1. The third kappa shape index (κ3) is 5.18. The molecule has 1 fully saturated rings. The number of methoxy groups -OCH3 is 1. The Balaban J connectivity index is 1.52. The molecule has 0 spiro atoms. The lowest BCUT2D eigenvalue weighted by Crippen LogP contribution is -2.36. The number of anilines is 2. The van der Waals surface area contributed by atoms with E-state index in [2.05, 4.69) is 10.3 Å². The van der Waals surface area contributed by atoms with Gasteiger partial charge in [0.25, 0.3) is 0 Å². The van der Waals surface area contributed by atoms with Crippen molar-refractivity contribution in [3.05, 3.63) is 48.5 Å². The van der Waals surface area contributed by atoms with Crippen LogP contribution >= 0.6 is 11.8 Å². The Hall–Kier alpha value is -2.72. The molecule has 170 valence electrons. The fourth-order valence-electron chi connectivity index (χ4n) is 3.65. The van der Waals surface area contributed by atoms with Crippen molar-refractivity contribution in [2.75, 3.05) is 42.0 Å². The van der Waals surface area contributed by atoms with Crippen molar-refractivity contribution in [2.45, 2.75) is 18.2 Å². The zero-order chi connectivity index (χ0) is 22.7. The molecule has 2 aromatic carbocycles. The van der Waals surface area contributed by atoms with Crippen molar-refractivity contribution < 1.29 is 22.7 Å². The van der Waals surface area contributed by atoms with Crippen LogP contribution < -0.4 is 19.7 Å². The van der Waals surface area contributed by atoms with Gasteiger partial charge in [-0.05, 0) is 55.5 Å². The molecule has 0 radical (unpaired) electrons. The molecule has 0 unspecified atom stereocenters. The SMILES string of the molecule is CCOc1ccc(NC(=O)CN(C2=N[C@H]3CS(=O)(=O)C[C@H]3S2)c2ccc(OC)cc2)cc1. The maximum Gasteiger partial charge on any atom is 0.244 e. The average molecular weight is 476 g/mol. The summed E-state index contributed by atoms with van der Waals surface area (Å²) in [5.41, 5.74) is 1.44. The van der Waals surface area contributed by atoms with E-state index in [1.165, 1.54) is 11.8 Å². The highest BCUT2D eigenvalue weighted by atomic mass is 32.2. The Kier molecular flexibility index (Phi) is 6.61. The van der Waals surface area contributed by atoms with Gasteiger partial charge in [0.15, 0.2) is 15.0 Å². The molecule has 2 atom stereocenters. The summed E-state index contributed by atoms with van der Waals surface area (Å²) >= 11 is 1.42. The number of amides is 1. The minimum Gasteiger partial charge on any atom is -0.497 e. The van der Waals surface area contributed by atoms with E-state index < -0.39 is 9.84 Å². The van der Waals surface area contributed by atoms with E-state index in [4.69, 9.17) is 9.47 Å². The molecule has 0 aliphatic carbocycles. The van der Waals surface area contributed by atoms with E-state index in [0.717, 1.165) is 11.4 Å². The number of ether oxygens (including phenoxy) is 2. The minimum atomic E-state index is -3.05. The third-order valence-electron chi connectivity index (χ3n) is 5.17. The number of aliphatic imine (C=N–C) groups is 1. The van der Waals surface area contributed by atoms with Gasteiger partial charge >= 0.3 is 0 Å². The lowest BCUT2D eigenvalue weighted by Gasteiger charge is -2.24. The Morgan fingerprint density at radius 1 is 1.12 bits per heavy atom. The number of fused-ring (bicyclic) bond motifs is 1. The maximum absolute atomic E-state index is 12.9. The van der Waals surface area contributed by atoms with Gasteiger partial charge in [-0.15, -0.1) is 0 Å². The van der Waals surface area contributed by atoms with Gasteiger partial charge in [-0.1, -0.05) is 11.8 Å². The van der Waals surface area contributed by atoms with Crippen LogP contribution in [0.2, 0.25) is 0 Å². The first kappa shape index (κ1) is 22.5. The molecule has 8 nitrogen and oxygen atoms in total. The molecule has 2 aliphatic rings. The number of sulfone groups is 1. The number of thioether (sulfide) groups is 1. The van der Waals surface area contributed by atoms with E-state index in [1.54, 1.807) is 31.4 Å². The lowest BCUT2D eigenvalue weighted by molar-refractivity contribution is -0.114. The molecule has 1 saturated heterocycles. The average Bonchev–Trinajstić information content (AvgIpc) is 3.27. The summed E-state index contributed by atoms with van der Waals surface area (Å²) in [5, 5.41) is 3.45. The predicted molar refractivity (Wildman–Crippen MR) is 128 cm³/mol. The highest BCUT2D eigenvalue weighted by Crippen LogP contribution is 2.37. The van der Waals surface area contributed by atoms with Crippen molar-refractivity contribution in [3.63, 3.8) is 0 Å². The zero-order valence-electron chi connectivity index (χ0n) is 17.9. The fraction of sp³-hybridized carbons (Fsp3) is 0.364. The van der Waals surface area contributed by atoms with Crippen LogP contribution in [0.1, 0.15) is 6.92 Å². The van der Waals surface area contributed by atoms with Gasteiger partial charge < -0.3 is 19.7 Å². The summed E-state index contributed by atoms with van der Waals surface area (Å²) in [6.45, 7) is 2.53. The first-order valence-electron chi connectivity index (χ1n) is 10.3. The third-order valence-corrected chi connectivity index (χ3v) is 8.42. The van der Waals surface area contributed by atoms with Gasteiger partial charge in [0, 0.05) is 16.6 Å². The first-order valence-corrected chi connectivity index (χ1v) is 13.0. The quantitative estimate of drug-likeness (QED) is 0.658. The van der Waals surface area contributed by atoms with Crippen LogP contribution in [0.3, 0.4) is 0 Å². The molecule has 1 amide bonds. The van der Waals surface area contributed by atoms with E-state index in [-0.39, 0.29) is 35.2 Å². The van der Waals surface area contributed by atoms with Crippen LogP contribution in [0.25, 0.3) is 0 Å². The first-order chi connectivity index (χ1) is 15.4. The zero-order valence-corrected chi connectivity index (χ0v) is 19.5. The number of rotatable bonds is 7. The van der Waals surface area contributed by atoms with Gasteiger partial charge in [0.2, 0.25) is 5.91 Å². The summed E-state index contributed by atoms with van der Waals surface area (Å²) in [4.78, 5) is 19.3. The van der Waals surface area contributed by atoms with Gasteiger partial charge in [0.1, 0.15) is 18.0 Å². The number of carbonyl (C=O) groups is 1. The summed E-state index contributed by atoms with van der Waals surface area (Å²) in [5.74, 6) is 1.41. The van der Waals surface area contributed by atoms with Crippen molar-refractivity contribution in [3.8, 4) is 11.5 Å². The molecule has 1 N–H and O–H groups in total. The molecule has 0 aromatic heterocycles. The number of carbonyl (C=O) groups excluding carboxylic acids is 1. The molecule has 4 rings (SSSR count). The number of nitrogens with zero attached hydrogens (tertiary/aromatic N) is 2. The topological polar surface area (TPSA) is 97.3 Å². The molecule has 10 heteroatoms. The lowest BCUT2D eigenvalue weighted by atomic mass is 10.2. The van der Waals surface area contributed by atoms with Crippen LogP contribution in [0, 0.1) is 0 Å². The van der Waals surface area contributed by atoms with E-state index in [0.29, 0.717) is 23.2 Å². The summed E-state index contributed by atoms with van der Waals surface area (Å²) in [6.07, 6.45) is 0. The summed E-state index contributed by atoms with van der Waals surface area (Å²) < 4.78 is 34.5. The van der Waals surface area contributed by atoms with Gasteiger partial charge in [-0.2, -0.15) is 0 Å². The van der Waals surface area contributed by atoms with Gasteiger partial charge in [0.05, 0.1) is 31.3 Å². The fourth-order valence-corrected chi connectivity index (χ4v) is 7.43. The predicted octanol–water partition coefficient (Wildman–Crippen LogP) is 2.81.